The molecular weight excluding hydrogens is 1460 g/mol. The zero-order chi connectivity index (χ0) is 79.6. The molecule has 10 aliphatic rings. The topological polar surface area (TPSA) is 12.9 Å². The van der Waals surface area contributed by atoms with Crippen molar-refractivity contribution in [3.8, 4) is 100 Å². The van der Waals surface area contributed by atoms with Crippen LogP contribution in [-0.2, 0) is 10.8 Å². The molecule has 0 radical (unpaired) electrons. The van der Waals surface area contributed by atoms with Crippen LogP contribution in [0.5, 0.6) is 0 Å². The average molecular weight is 1560 g/mol. The molecule has 0 saturated heterocycles. The van der Waals surface area contributed by atoms with Crippen molar-refractivity contribution >= 4 is 88.7 Å². The molecule has 0 unspecified atom stereocenters. The second kappa shape index (κ2) is 26.7. The second-order valence-electron chi connectivity index (χ2n) is 38.9. The molecule has 18 aromatic rings. The van der Waals surface area contributed by atoms with Crippen molar-refractivity contribution in [2.75, 3.05) is 0 Å². The molecule has 578 valence electrons. The monoisotopic (exact) mass is 1560 g/mol. The van der Waals surface area contributed by atoms with E-state index in [1.807, 2.05) is 12.4 Å². The van der Waals surface area contributed by atoms with Crippen LogP contribution in [0.25, 0.3) is 176 Å². The third-order valence-electron chi connectivity index (χ3n) is 31.7. The minimum atomic E-state index is -1.37. The van der Waals surface area contributed by atoms with Crippen LogP contribution in [0.2, 0.25) is 19.6 Å². The quantitative estimate of drug-likeness (QED) is 0.109. The third kappa shape index (κ3) is 10.5. The molecule has 0 aliphatic heterocycles. The third-order valence-corrected chi connectivity index (χ3v) is 33.7. The summed E-state index contributed by atoms with van der Waals surface area (Å²) >= 11 is 0. The lowest BCUT2D eigenvalue weighted by atomic mass is 9.43. The summed E-state index contributed by atoms with van der Waals surface area (Å²) in [6.45, 7) is 11.8. The van der Waals surface area contributed by atoms with Gasteiger partial charge >= 0.3 is 0 Å². The zero-order valence-electron chi connectivity index (χ0n) is 69.3. The molecule has 2 spiro atoms. The predicted octanol–water partition coefficient (Wildman–Crippen LogP) is 31.1. The van der Waals surface area contributed by atoms with Gasteiger partial charge in [-0.2, -0.15) is 0 Å². The molecule has 8 fully saturated rings. The van der Waals surface area contributed by atoms with Crippen LogP contribution >= 0.6 is 0 Å². The van der Waals surface area contributed by atoms with Gasteiger partial charge in [0, 0.05) is 28.6 Å². The first-order valence-electron chi connectivity index (χ1n) is 44.9. The first-order chi connectivity index (χ1) is 58.9. The van der Waals surface area contributed by atoms with Crippen LogP contribution in [0, 0.1) is 61.2 Å². The number of nitrogens with zero attached hydrogens (tertiary/aromatic N) is 1. The fraction of sp³-hybridized carbons (Fsp3) is 0.212. The molecule has 0 atom stereocenters. The minimum Gasteiger partial charge on any atom is -0.264 e. The minimum absolute atomic E-state index is 0.185. The number of aromatic nitrogens is 1. The molecule has 120 heavy (non-hydrogen) atoms. The van der Waals surface area contributed by atoms with Gasteiger partial charge in [-0.25, -0.2) is 0 Å². The van der Waals surface area contributed by atoms with Crippen molar-refractivity contribution in [1.82, 2.24) is 4.98 Å². The largest absolute Gasteiger partial charge is 0.264 e. The maximum absolute atomic E-state index is 4.58. The molecule has 1 nitrogen and oxygen atoms in total. The summed E-state index contributed by atoms with van der Waals surface area (Å²) in [5.41, 5.74) is 33.6. The van der Waals surface area contributed by atoms with E-state index in [9.17, 15) is 0 Å². The van der Waals surface area contributed by atoms with Crippen molar-refractivity contribution in [2.24, 2.45) is 47.3 Å². The van der Waals surface area contributed by atoms with Crippen molar-refractivity contribution in [3.05, 3.63) is 361 Å². The first kappa shape index (κ1) is 70.9. The van der Waals surface area contributed by atoms with E-state index in [0.717, 1.165) is 47.3 Å². The van der Waals surface area contributed by atoms with Crippen molar-refractivity contribution in [1.29, 1.82) is 0 Å². The Bertz CT molecular complexity index is 7210. The van der Waals surface area contributed by atoms with Gasteiger partial charge < -0.3 is 0 Å². The Morgan fingerprint density at radius 2 is 0.667 bits per heavy atom. The van der Waals surface area contributed by atoms with E-state index in [-0.39, 0.29) is 10.8 Å². The lowest BCUT2D eigenvalue weighted by Gasteiger charge is -2.61. The molecule has 10 aliphatic carbocycles. The predicted molar refractivity (Wildman–Crippen MR) is 510 cm³/mol. The Kier molecular flexibility index (Phi) is 15.8. The van der Waals surface area contributed by atoms with E-state index in [1.54, 1.807) is 22.3 Å². The first-order valence-corrected chi connectivity index (χ1v) is 48.4. The molecule has 1 heterocycles. The van der Waals surface area contributed by atoms with Gasteiger partial charge in [-0.1, -0.05) is 309 Å². The number of aryl methyl sites for hydroxylation is 2. The maximum atomic E-state index is 4.58. The number of hydrogen-bond donors (Lipinski definition) is 0. The molecule has 1 aromatic heterocycles. The number of hydrogen-bond acceptors (Lipinski definition) is 1. The second-order valence-corrected chi connectivity index (χ2v) is 44.0. The van der Waals surface area contributed by atoms with E-state index in [4.69, 9.17) is 0 Å². The Balaban J connectivity index is 0.000000133. The van der Waals surface area contributed by atoms with E-state index in [0.29, 0.717) is 0 Å². The standard InChI is InChI=1S/C61H52Si.C57H45N/c1-62(2,3)50-26-23-40(24-27-50)41-11-10-12-46(35-41)59-53-14-4-6-16-55(53)60(56-17-7-5-15-54(56)59)47-22-21-42-34-43(19-20-44(42)36-47)45-25-28-52-51-13-8-9-18-57(51)61(58(52)37-45)48-30-38-29-39(32-48)33-49(61)31-38;1-33-18-20-47-48(24-33)50(56-44-14-5-3-12-42(44)55(43-13-4-6-15-45(43)56)46-16-9-10-37-22-23-58-32-51(37)46)25-34(2)54(47)38-19-21-53-49(31-38)41-11-7-8-17-52(41)57(53)39-27-35-26-36(29-39)30-40(57)28-35/h4-28,34-39,48-49H,29-33H2,1-3H3;3-25,31-32,35-36,39-40H,26-30H2,1-2H3. The Morgan fingerprint density at radius 1 is 0.250 bits per heavy atom. The molecule has 8 saturated carbocycles. The van der Waals surface area contributed by atoms with E-state index in [1.165, 1.54) is 256 Å². The smallest absolute Gasteiger partial charge is 0.0775 e. The Morgan fingerprint density at radius 3 is 1.25 bits per heavy atom. The molecule has 8 bridgehead atoms. The molecule has 17 aromatic carbocycles. The van der Waals surface area contributed by atoms with Gasteiger partial charge in [0.05, 0.1) is 8.07 Å². The number of benzene rings is 17. The highest BCUT2D eigenvalue weighted by atomic mass is 28.3. The highest BCUT2D eigenvalue weighted by Gasteiger charge is 2.63. The van der Waals surface area contributed by atoms with Gasteiger partial charge in [0.1, 0.15) is 0 Å². The summed E-state index contributed by atoms with van der Waals surface area (Å²) < 4.78 is 0. The van der Waals surface area contributed by atoms with Gasteiger partial charge in [-0.3, -0.25) is 4.98 Å². The van der Waals surface area contributed by atoms with Gasteiger partial charge in [0.15, 0.2) is 0 Å². The van der Waals surface area contributed by atoms with E-state index >= 15 is 0 Å². The summed E-state index contributed by atoms with van der Waals surface area (Å²) in [6.07, 6.45) is 18.2. The highest BCUT2D eigenvalue weighted by molar-refractivity contribution is 6.88. The van der Waals surface area contributed by atoms with Crippen LogP contribution in [0.15, 0.2) is 328 Å². The van der Waals surface area contributed by atoms with Gasteiger partial charge in [0.25, 0.3) is 0 Å². The number of pyridine rings is 1. The SMILES string of the molecule is C[Si](C)(C)c1ccc(-c2cccc(-c3c4ccccc4c(-c4ccc5cc(-c6ccc7c(c6)C6(c8ccccc8-7)C7CC8CC(C7)CC6C8)ccc5c4)c4ccccc34)c2)cc1.Cc1ccc2c(-c3ccc4c(c3)-c3ccccc3C43C4CC5CC(C4)CC3C5)c(C)cc(-c3c4ccccc4c(-c4cccc5ccncc45)c4ccccc34)c2c1. The molecule has 0 amide bonds. The Labute approximate surface area is 705 Å². The number of fused-ring (bicyclic) bond motifs is 13. The highest BCUT2D eigenvalue weighted by Crippen LogP contribution is 2.72. The summed E-state index contributed by atoms with van der Waals surface area (Å²) in [5.74, 6) is 6.88. The van der Waals surface area contributed by atoms with Crippen LogP contribution in [0.1, 0.15) is 97.6 Å². The molecule has 2 heteroatoms. The lowest BCUT2D eigenvalue weighted by Crippen LogP contribution is -2.55. The summed E-state index contributed by atoms with van der Waals surface area (Å²) in [4.78, 5) is 4.58. The molecule has 28 rings (SSSR count). The fourth-order valence-electron chi connectivity index (χ4n) is 27.3. The van der Waals surface area contributed by atoms with Crippen LogP contribution in [-0.4, -0.2) is 13.1 Å². The van der Waals surface area contributed by atoms with E-state index < -0.39 is 8.07 Å². The van der Waals surface area contributed by atoms with Crippen molar-refractivity contribution in [3.63, 3.8) is 0 Å². The molecule has 0 N–H and O–H groups in total. The van der Waals surface area contributed by atoms with Gasteiger partial charge in [0.2, 0.25) is 0 Å². The molecular formula is C118H97NSi. The normalized spacial score (nSPS) is 22.4. The van der Waals surface area contributed by atoms with Gasteiger partial charge in [-0.15, -0.1) is 0 Å². The summed E-state index contributed by atoms with van der Waals surface area (Å²) in [7, 11) is -1.37. The van der Waals surface area contributed by atoms with E-state index in [2.05, 4.69) is 354 Å². The average Bonchev–Trinajstić information content (AvgIpc) is 1.50. The zero-order valence-corrected chi connectivity index (χ0v) is 70.3. The lowest BCUT2D eigenvalue weighted by molar-refractivity contribution is -0.0399. The Hall–Kier alpha value is -12.1. The fourth-order valence-corrected chi connectivity index (χ4v) is 28.5. The van der Waals surface area contributed by atoms with Crippen molar-refractivity contribution in [2.45, 2.75) is 109 Å². The van der Waals surface area contributed by atoms with Crippen LogP contribution < -0.4 is 5.19 Å². The summed E-state index contributed by atoms with van der Waals surface area (Å²) in [6, 6.07) is 122. The maximum Gasteiger partial charge on any atom is 0.0775 e. The number of rotatable bonds is 8. The van der Waals surface area contributed by atoms with Crippen LogP contribution in [0.4, 0.5) is 0 Å². The van der Waals surface area contributed by atoms with Crippen LogP contribution in [0.3, 0.4) is 0 Å². The van der Waals surface area contributed by atoms with Crippen molar-refractivity contribution < 1.29 is 0 Å². The van der Waals surface area contributed by atoms with Gasteiger partial charge in [-0.05, 0) is 360 Å². The summed E-state index contributed by atoms with van der Waals surface area (Å²) in [5, 5.41) is 19.4.